The number of fused-ring (bicyclic) bond motifs is 8. The third-order valence-electron chi connectivity index (χ3n) is 6.00. The predicted molar refractivity (Wildman–Crippen MR) is 141 cm³/mol. The van der Waals surface area contributed by atoms with Crippen molar-refractivity contribution in [2.24, 2.45) is 0 Å². The van der Waals surface area contributed by atoms with Crippen LogP contribution >= 0.6 is 11.6 Å². The van der Waals surface area contributed by atoms with Gasteiger partial charge in [0.1, 0.15) is 0 Å². The molecule has 0 saturated heterocycles. The first-order chi connectivity index (χ1) is 17.1. The minimum atomic E-state index is 0.449. The monoisotopic (exact) mass is 476 g/mol. The maximum absolute atomic E-state index is 12.3. The van der Waals surface area contributed by atoms with Crippen molar-refractivity contribution in [2.45, 2.75) is 0 Å². The molecular weight excluding hydrogens is 460 g/mol. The summed E-state index contributed by atoms with van der Waals surface area (Å²) in [6.07, 6.45) is 8.96. The smallest absolute Gasteiger partial charge is 0.218 e. The Labute approximate surface area is 205 Å². The van der Waals surface area contributed by atoms with Crippen LogP contribution in [0.25, 0.3) is 57.5 Å². The van der Waals surface area contributed by atoms with Crippen molar-refractivity contribution >= 4 is 70.8 Å². The Morgan fingerprint density at radius 3 is 1.69 bits per heavy atom. The van der Waals surface area contributed by atoms with Gasteiger partial charge in [0, 0.05) is 5.56 Å². The summed E-state index contributed by atoms with van der Waals surface area (Å²) < 4.78 is 3.07. The quantitative estimate of drug-likeness (QED) is 0.294. The van der Waals surface area contributed by atoms with Gasteiger partial charge in [-0.2, -0.15) is 0 Å². The van der Waals surface area contributed by atoms with Gasteiger partial charge in [0.2, 0.25) is 12.8 Å². The fraction of sp³-hybridized carbons (Fsp3) is 0. The molecule has 6 nitrogen and oxygen atoms in total. The van der Waals surface area contributed by atoms with E-state index in [4.69, 9.17) is 11.6 Å². The molecule has 0 fully saturated rings. The van der Waals surface area contributed by atoms with E-state index >= 15 is 0 Å². The zero-order chi connectivity index (χ0) is 23.9. The van der Waals surface area contributed by atoms with Crippen LogP contribution in [0.5, 0.6) is 0 Å². The van der Waals surface area contributed by atoms with Crippen molar-refractivity contribution in [3.8, 4) is 11.1 Å². The van der Waals surface area contributed by atoms with Gasteiger partial charge in [0.05, 0.1) is 49.9 Å². The zero-order valence-corrected chi connectivity index (χ0v) is 19.1. The third-order valence-corrected chi connectivity index (χ3v) is 6.38. The fourth-order valence-electron chi connectivity index (χ4n) is 4.40. The number of aromatic nitrogens is 4. The van der Waals surface area contributed by atoms with Crippen LogP contribution in [0.3, 0.4) is 0 Å². The summed E-state index contributed by atoms with van der Waals surface area (Å²) in [4.78, 5) is 33.5. The van der Waals surface area contributed by atoms with E-state index in [-0.39, 0.29) is 0 Å². The molecule has 0 unspecified atom stereocenters. The van der Waals surface area contributed by atoms with E-state index in [1.165, 1.54) is 4.57 Å². The molecule has 5 heterocycles. The van der Waals surface area contributed by atoms with Gasteiger partial charge >= 0.3 is 0 Å². The Morgan fingerprint density at radius 1 is 0.629 bits per heavy atom. The van der Waals surface area contributed by atoms with E-state index in [0.29, 0.717) is 49.9 Å². The molecule has 1 aromatic carbocycles. The molecule has 2 aliphatic heterocycles. The maximum atomic E-state index is 12.3. The molecule has 8 bridgehead atoms. The van der Waals surface area contributed by atoms with E-state index in [0.717, 1.165) is 23.9 Å². The lowest BCUT2D eigenvalue weighted by Crippen LogP contribution is -1.94. The van der Waals surface area contributed by atoms with Crippen molar-refractivity contribution in [3.05, 3.63) is 94.5 Å². The van der Waals surface area contributed by atoms with Crippen LogP contribution in [0.1, 0.15) is 22.8 Å². The molecule has 0 spiro atoms. The number of hydrogen-bond donors (Lipinski definition) is 0. The van der Waals surface area contributed by atoms with E-state index in [1.54, 1.807) is 10.6 Å². The van der Waals surface area contributed by atoms with Crippen LogP contribution in [0.2, 0.25) is 5.02 Å². The maximum Gasteiger partial charge on any atom is 0.218 e. The molecule has 7 heteroatoms. The van der Waals surface area contributed by atoms with Crippen LogP contribution in [0.15, 0.2) is 66.7 Å². The van der Waals surface area contributed by atoms with Crippen LogP contribution in [0.4, 0.5) is 0 Å². The van der Waals surface area contributed by atoms with Gasteiger partial charge < -0.3 is 0 Å². The van der Waals surface area contributed by atoms with Crippen molar-refractivity contribution in [1.82, 2.24) is 19.1 Å². The third kappa shape index (κ3) is 3.61. The summed E-state index contributed by atoms with van der Waals surface area (Å²) in [5.74, 6) is 0. The minimum absolute atomic E-state index is 0.449. The Bertz CT molecular complexity index is 1740. The van der Waals surface area contributed by atoms with Gasteiger partial charge in [-0.25, -0.2) is 9.97 Å². The molecule has 0 amide bonds. The average Bonchev–Trinajstić information content (AvgIpc) is 3.64. The highest BCUT2D eigenvalue weighted by Gasteiger charge is 2.17. The van der Waals surface area contributed by atoms with Crippen molar-refractivity contribution in [1.29, 1.82) is 0 Å². The number of nitrogens with zero attached hydrogens (tertiary/aromatic N) is 4. The molecule has 2 aliphatic rings. The highest BCUT2D eigenvalue weighted by molar-refractivity contribution is 6.38. The second kappa shape index (κ2) is 8.34. The van der Waals surface area contributed by atoms with Crippen molar-refractivity contribution < 1.29 is 9.59 Å². The molecule has 168 valence electrons. The van der Waals surface area contributed by atoms with E-state index in [2.05, 4.69) is 9.97 Å². The summed E-state index contributed by atoms with van der Waals surface area (Å²) in [5, 5.41) is 0.449. The lowest BCUT2D eigenvalue weighted by molar-refractivity contribution is 0.549. The molecule has 0 N–H and O–H groups in total. The highest BCUT2D eigenvalue weighted by Crippen LogP contribution is 2.38. The van der Waals surface area contributed by atoms with Gasteiger partial charge in [-0.15, -0.1) is 0 Å². The molecule has 6 rings (SSSR count). The first kappa shape index (κ1) is 21.0. The summed E-state index contributed by atoms with van der Waals surface area (Å²) in [6.45, 7) is 0. The molecule has 0 atom stereocenters. The molecule has 3 aromatic heterocycles. The first-order valence-corrected chi connectivity index (χ1v) is 11.3. The van der Waals surface area contributed by atoms with Gasteiger partial charge in [0.15, 0.2) is 0 Å². The summed E-state index contributed by atoms with van der Waals surface area (Å²) in [7, 11) is 0. The number of halogens is 1. The molecule has 0 aliphatic carbocycles. The lowest BCUT2D eigenvalue weighted by atomic mass is 10.1. The average molecular weight is 477 g/mol. The van der Waals surface area contributed by atoms with Gasteiger partial charge in [0.25, 0.3) is 0 Å². The zero-order valence-electron chi connectivity index (χ0n) is 18.3. The Morgan fingerprint density at radius 2 is 1.14 bits per heavy atom. The Balaban J connectivity index is 1.80. The van der Waals surface area contributed by atoms with E-state index in [9.17, 15) is 9.59 Å². The number of rotatable bonds is 3. The second-order valence-corrected chi connectivity index (χ2v) is 8.50. The minimum Gasteiger partial charge on any atom is -0.283 e. The standard InChI is InChI=1S/C28H17ClN4O2/c29-28-26-15-22-9-7-20(31-22)13-24-11-10-23(32(24)16-34)12-19-6-8-21(30-19)14-25(33(26)17-35)27(28)18-4-2-1-3-5-18/h1-17H. The Hall–Kier alpha value is -4.55. The van der Waals surface area contributed by atoms with E-state index in [1.807, 2.05) is 85.0 Å². The van der Waals surface area contributed by atoms with Crippen LogP contribution in [0, 0.1) is 0 Å². The second-order valence-electron chi connectivity index (χ2n) is 8.13. The number of carbonyl (C=O) groups excluding carboxylic acids is 2. The molecule has 0 saturated carbocycles. The van der Waals surface area contributed by atoms with E-state index < -0.39 is 0 Å². The summed E-state index contributed by atoms with van der Waals surface area (Å²) >= 11 is 6.91. The topological polar surface area (TPSA) is 69.8 Å². The predicted octanol–water partition coefficient (Wildman–Crippen LogP) is 6.00. The van der Waals surface area contributed by atoms with Gasteiger partial charge in [-0.05, 0) is 66.3 Å². The number of hydrogen-bond acceptors (Lipinski definition) is 4. The van der Waals surface area contributed by atoms with Gasteiger partial charge in [-0.1, -0.05) is 41.9 Å². The van der Waals surface area contributed by atoms with Crippen LogP contribution in [-0.4, -0.2) is 31.9 Å². The van der Waals surface area contributed by atoms with Crippen LogP contribution < -0.4 is 0 Å². The van der Waals surface area contributed by atoms with Crippen molar-refractivity contribution in [3.63, 3.8) is 0 Å². The summed E-state index contributed by atoms with van der Waals surface area (Å²) in [5.41, 5.74) is 6.84. The molecule has 0 radical (unpaired) electrons. The van der Waals surface area contributed by atoms with Crippen molar-refractivity contribution in [2.75, 3.05) is 0 Å². The van der Waals surface area contributed by atoms with Gasteiger partial charge in [-0.3, -0.25) is 18.7 Å². The first-order valence-electron chi connectivity index (χ1n) is 10.9. The summed E-state index contributed by atoms with van der Waals surface area (Å²) in [6, 6.07) is 20.7. The lowest BCUT2D eigenvalue weighted by Gasteiger charge is -2.00. The largest absolute Gasteiger partial charge is 0.283 e. The normalized spacial score (nSPS) is 12.1. The fourth-order valence-corrected chi connectivity index (χ4v) is 4.75. The molecule has 4 aromatic rings. The van der Waals surface area contributed by atoms with Crippen LogP contribution in [-0.2, 0) is 9.59 Å². The number of benzene rings is 1. The SMILES string of the molecule is O=Cn1c2ccc1cc1nc(cc3c(-c4ccccc4)c(Cl)c(cc4nc(c2)C=C4)n3C=O)C=C1. The molecular formula is C28H17ClN4O2. The number of carbonyl (C=O) groups is 2. The molecule has 35 heavy (non-hydrogen) atoms. The highest BCUT2D eigenvalue weighted by atomic mass is 35.5. The Kier molecular flexibility index (Phi) is 5.01.